The molecule has 0 bridgehead atoms. The van der Waals surface area contributed by atoms with Gasteiger partial charge in [0.2, 0.25) is 11.7 Å². The van der Waals surface area contributed by atoms with E-state index in [0.717, 1.165) is 23.2 Å². The van der Waals surface area contributed by atoms with Crippen LogP contribution in [-0.4, -0.2) is 48.3 Å². The molecule has 1 aliphatic heterocycles. The predicted molar refractivity (Wildman–Crippen MR) is 106 cm³/mol. The summed E-state index contributed by atoms with van der Waals surface area (Å²) in [7, 11) is 0. The molecule has 0 aliphatic carbocycles. The number of ketones is 1. The second kappa shape index (κ2) is 8.92. The van der Waals surface area contributed by atoms with Crippen LogP contribution in [0.25, 0.3) is 10.2 Å². The SMILES string of the molecule is N=C(N)NCCC[C@H](NC(=O)[C@H]1CCNC1)C(=O)c1nc2ccccc2s1. The van der Waals surface area contributed by atoms with E-state index in [0.29, 0.717) is 30.9 Å². The fourth-order valence-corrected chi connectivity index (χ4v) is 4.05. The van der Waals surface area contributed by atoms with Crippen LogP contribution in [0.3, 0.4) is 0 Å². The number of Topliss-reactive ketones (excluding diaryl/α,β-unsaturated/α-hetero) is 1. The number of nitrogens with zero attached hydrogens (tertiary/aromatic N) is 1. The van der Waals surface area contributed by atoms with E-state index >= 15 is 0 Å². The summed E-state index contributed by atoms with van der Waals surface area (Å²) in [6, 6.07) is 6.97. The molecule has 0 saturated carbocycles. The lowest BCUT2D eigenvalue weighted by molar-refractivity contribution is -0.124. The van der Waals surface area contributed by atoms with Gasteiger partial charge >= 0.3 is 0 Å². The minimum absolute atomic E-state index is 0.0982. The van der Waals surface area contributed by atoms with E-state index < -0.39 is 6.04 Å². The molecule has 1 amide bonds. The predicted octanol–water partition coefficient (Wildman–Crippen LogP) is 0.837. The number of rotatable bonds is 8. The van der Waals surface area contributed by atoms with E-state index in [1.807, 2.05) is 24.3 Å². The average molecular weight is 388 g/mol. The number of nitrogens with two attached hydrogens (primary N) is 1. The number of aromatic nitrogens is 1. The van der Waals surface area contributed by atoms with Crippen molar-refractivity contribution in [3.05, 3.63) is 29.3 Å². The Morgan fingerprint density at radius 3 is 2.93 bits per heavy atom. The van der Waals surface area contributed by atoms with Gasteiger partial charge in [0, 0.05) is 13.1 Å². The van der Waals surface area contributed by atoms with Gasteiger partial charge in [0.05, 0.1) is 22.2 Å². The van der Waals surface area contributed by atoms with Crippen LogP contribution in [0, 0.1) is 11.3 Å². The van der Waals surface area contributed by atoms with Gasteiger partial charge in [-0.1, -0.05) is 12.1 Å². The zero-order valence-electron chi connectivity index (χ0n) is 15.0. The maximum atomic E-state index is 13.0. The normalized spacial score (nSPS) is 17.6. The van der Waals surface area contributed by atoms with Gasteiger partial charge in [-0.25, -0.2) is 4.98 Å². The van der Waals surface area contributed by atoms with Crippen LogP contribution in [0.5, 0.6) is 0 Å². The molecule has 2 heterocycles. The number of hydrogen-bond donors (Lipinski definition) is 5. The van der Waals surface area contributed by atoms with Crippen LogP contribution >= 0.6 is 11.3 Å². The molecule has 0 unspecified atom stereocenters. The van der Waals surface area contributed by atoms with Crippen molar-refractivity contribution in [2.75, 3.05) is 19.6 Å². The average Bonchev–Trinajstić information content (AvgIpc) is 3.32. The topological polar surface area (TPSA) is 133 Å². The van der Waals surface area contributed by atoms with Crippen molar-refractivity contribution in [1.29, 1.82) is 5.41 Å². The minimum atomic E-state index is -0.632. The zero-order chi connectivity index (χ0) is 19.2. The molecule has 1 aliphatic rings. The van der Waals surface area contributed by atoms with Crippen LogP contribution in [0.4, 0.5) is 0 Å². The van der Waals surface area contributed by atoms with Crippen LogP contribution in [0.2, 0.25) is 0 Å². The van der Waals surface area contributed by atoms with Crippen molar-refractivity contribution < 1.29 is 9.59 Å². The Labute approximate surface area is 161 Å². The standard InChI is InChI=1S/C18H24N6O2S/c19-18(20)22-8-3-5-13(23-16(26)11-7-9-21-10-11)15(25)17-24-12-4-1-2-6-14(12)27-17/h1-2,4,6,11,13,21H,3,5,7-10H2,(H,23,26)(H4,19,20,22)/t11-,13-/m0/s1. The van der Waals surface area contributed by atoms with Crippen LogP contribution in [0.15, 0.2) is 24.3 Å². The maximum absolute atomic E-state index is 13.0. The van der Waals surface area contributed by atoms with Gasteiger partial charge in [0.1, 0.15) is 0 Å². The number of carbonyl (C=O) groups excluding carboxylic acids is 2. The fraction of sp³-hybridized carbons (Fsp3) is 0.444. The molecular formula is C18H24N6O2S. The van der Waals surface area contributed by atoms with Crippen molar-refractivity contribution in [2.24, 2.45) is 11.7 Å². The van der Waals surface area contributed by atoms with Gasteiger partial charge in [0.15, 0.2) is 11.0 Å². The molecule has 9 heteroatoms. The molecule has 6 N–H and O–H groups in total. The summed E-state index contributed by atoms with van der Waals surface area (Å²) >= 11 is 1.34. The summed E-state index contributed by atoms with van der Waals surface area (Å²) < 4.78 is 0.948. The summed E-state index contributed by atoms with van der Waals surface area (Å²) in [5.74, 6) is -0.478. The first-order chi connectivity index (χ1) is 13.0. The summed E-state index contributed by atoms with van der Waals surface area (Å²) in [6.07, 6.45) is 1.84. The Morgan fingerprint density at radius 2 is 2.22 bits per heavy atom. The van der Waals surface area contributed by atoms with Crippen LogP contribution in [-0.2, 0) is 4.79 Å². The number of carbonyl (C=O) groups is 2. The molecule has 1 fully saturated rings. The molecule has 2 atom stereocenters. The van der Waals surface area contributed by atoms with Crippen LogP contribution in [0.1, 0.15) is 29.1 Å². The van der Waals surface area contributed by atoms with E-state index in [4.69, 9.17) is 11.1 Å². The Hall–Kier alpha value is -2.52. The van der Waals surface area contributed by atoms with E-state index in [1.165, 1.54) is 11.3 Å². The highest BCUT2D eigenvalue weighted by atomic mass is 32.1. The van der Waals surface area contributed by atoms with E-state index in [-0.39, 0.29) is 23.6 Å². The van der Waals surface area contributed by atoms with Crippen molar-refractivity contribution in [3.8, 4) is 0 Å². The van der Waals surface area contributed by atoms with E-state index in [1.54, 1.807) is 0 Å². The monoisotopic (exact) mass is 388 g/mol. The van der Waals surface area contributed by atoms with Gasteiger partial charge in [0.25, 0.3) is 0 Å². The van der Waals surface area contributed by atoms with Crippen molar-refractivity contribution in [3.63, 3.8) is 0 Å². The number of fused-ring (bicyclic) bond motifs is 1. The first-order valence-corrected chi connectivity index (χ1v) is 9.85. The summed E-state index contributed by atoms with van der Waals surface area (Å²) in [5.41, 5.74) is 6.07. The molecular weight excluding hydrogens is 364 g/mol. The van der Waals surface area contributed by atoms with Gasteiger partial charge in [-0.15, -0.1) is 11.3 Å². The Bertz CT molecular complexity index is 797. The third-order valence-corrected chi connectivity index (χ3v) is 5.60. The summed E-state index contributed by atoms with van der Waals surface area (Å²) in [5, 5.41) is 16.4. The second-order valence-electron chi connectivity index (χ2n) is 6.58. The number of hydrogen-bond acceptors (Lipinski definition) is 6. The molecule has 1 aromatic heterocycles. The summed E-state index contributed by atoms with van der Waals surface area (Å²) in [6.45, 7) is 1.93. The smallest absolute Gasteiger partial charge is 0.225 e. The molecule has 0 spiro atoms. The fourth-order valence-electron chi connectivity index (χ4n) is 3.09. The van der Waals surface area contributed by atoms with Gasteiger partial charge in [-0.3, -0.25) is 15.0 Å². The number of para-hydroxylation sites is 1. The molecule has 3 rings (SSSR count). The van der Waals surface area contributed by atoms with Crippen LogP contribution < -0.4 is 21.7 Å². The highest BCUT2D eigenvalue weighted by molar-refractivity contribution is 7.20. The minimum Gasteiger partial charge on any atom is -0.370 e. The highest BCUT2D eigenvalue weighted by Crippen LogP contribution is 2.23. The molecule has 8 nitrogen and oxygen atoms in total. The number of thiazole rings is 1. The molecule has 1 saturated heterocycles. The second-order valence-corrected chi connectivity index (χ2v) is 7.62. The van der Waals surface area contributed by atoms with E-state index in [9.17, 15) is 9.59 Å². The highest BCUT2D eigenvalue weighted by Gasteiger charge is 2.29. The molecule has 1 aromatic carbocycles. The third kappa shape index (κ3) is 5.01. The molecule has 27 heavy (non-hydrogen) atoms. The first kappa shape index (κ1) is 19.2. The van der Waals surface area contributed by atoms with E-state index in [2.05, 4.69) is 20.9 Å². The number of benzene rings is 1. The lowest BCUT2D eigenvalue weighted by Gasteiger charge is -2.19. The van der Waals surface area contributed by atoms with Gasteiger partial charge in [-0.05, 0) is 37.9 Å². The summed E-state index contributed by atoms with van der Waals surface area (Å²) in [4.78, 5) is 30.0. The third-order valence-electron chi connectivity index (χ3n) is 4.55. The van der Waals surface area contributed by atoms with Crippen molar-refractivity contribution in [2.45, 2.75) is 25.3 Å². The molecule has 0 radical (unpaired) electrons. The van der Waals surface area contributed by atoms with Gasteiger partial charge in [-0.2, -0.15) is 0 Å². The zero-order valence-corrected chi connectivity index (χ0v) is 15.8. The molecule has 144 valence electrons. The molecule has 2 aromatic rings. The number of amides is 1. The Morgan fingerprint density at radius 1 is 1.41 bits per heavy atom. The maximum Gasteiger partial charge on any atom is 0.225 e. The first-order valence-electron chi connectivity index (χ1n) is 9.03. The lowest BCUT2D eigenvalue weighted by Crippen LogP contribution is -2.44. The lowest BCUT2D eigenvalue weighted by atomic mass is 10.0. The number of guanidine groups is 1. The Kier molecular flexibility index (Phi) is 6.36. The van der Waals surface area contributed by atoms with Gasteiger partial charge < -0.3 is 21.7 Å². The number of nitrogens with one attached hydrogen (secondary N) is 4. The van der Waals surface area contributed by atoms with Crippen molar-refractivity contribution >= 4 is 39.2 Å². The van der Waals surface area contributed by atoms with Crippen molar-refractivity contribution in [1.82, 2.24) is 20.9 Å². The largest absolute Gasteiger partial charge is 0.370 e. The Balaban J connectivity index is 1.71. The quantitative estimate of drug-likeness (QED) is 0.197.